The van der Waals surface area contributed by atoms with Gasteiger partial charge >= 0.3 is 0 Å². The number of methoxy groups -OCH3 is 2. The molecular formula is C30H27ClN4O4S. The summed E-state index contributed by atoms with van der Waals surface area (Å²) in [7, 11) is 3.03. The highest BCUT2D eigenvalue weighted by atomic mass is 35.5. The molecule has 1 aliphatic heterocycles. The smallest absolute Gasteiger partial charge is 0.254 e. The number of nitrogens with zero attached hydrogens (tertiary/aromatic N) is 2. The van der Waals surface area contributed by atoms with Crippen molar-refractivity contribution in [3.63, 3.8) is 0 Å². The van der Waals surface area contributed by atoms with Crippen molar-refractivity contribution in [2.45, 2.75) is 12.8 Å². The third-order valence-electron chi connectivity index (χ3n) is 6.26. The number of para-hydroxylation sites is 2. The van der Waals surface area contributed by atoms with Crippen LogP contribution in [0.5, 0.6) is 11.5 Å². The molecule has 0 saturated carbocycles. The van der Waals surface area contributed by atoms with Gasteiger partial charge in [0.15, 0.2) is 0 Å². The van der Waals surface area contributed by atoms with E-state index in [0.717, 1.165) is 17.3 Å². The van der Waals surface area contributed by atoms with E-state index >= 15 is 0 Å². The Hall–Kier alpha value is -4.26. The largest absolute Gasteiger partial charge is 0.495 e. The van der Waals surface area contributed by atoms with Gasteiger partial charge in [0.1, 0.15) is 17.4 Å². The first-order chi connectivity index (χ1) is 19.4. The van der Waals surface area contributed by atoms with Gasteiger partial charge < -0.3 is 20.1 Å². The molecule has 10 heteroatoms. The first-order valence-corrected chi connectivity index (χ1v) is 13.7. The molecular weight excluding hydrogens is 548 g/mol. The van der Waals surface area contributed by atoms with Gasteiger partial charge in [-0.15, -0.1) is 0 Å². The Bertz CT molecular complexity index is 1520. The van der Waals surface area contributed by atoms with E-state index in [-0.39, 0.29) is 17.6 Å². The van der Waals surface area contributed by atoms with Crippen molar-refractivity contribution < 1.29 is 19.1 Å². The first kappa shape index (κ1) is 28.7. The summed E-state index contributed by atoms with van der Waals surface area (Å²) in [4.78, 5) is 31.1. The zero-order chi connectivity index (χ0) is 28.6. The Labute approximate surface area is 242 Å². The summed E-state index contributed by atoms with van der Waals surface area (Å²) >= 11 is 7.24. The van der Waals surface area contributed by atoms with Crippen molar-refractivity contribution in [1.82, 2.24) is 0 Å². The Morgan fingerprint density at radius 2 is 1.65 bits per heavy atom. The van der Waals surface area contributed by atoms with E-state index in [4.69, 9.17) is 21.1 Å². The number of benzene rings is 3. The summed E-state index contributed by atoms with van der Waals surface area (Å²) in [6.45, 7) is 1.73. The number of hydrogen-bond donors (Lipinski definition) is 2. The van der Waals surface area contributed by atoms with E-state index < -0.39 is 11.8 Å². The van der Waals surface area contributed by atoms with Crippen LogP contribution in [-0.2, 0) is 9.59 Å². The van der Waals surface area contributed by atoms with Gasteiger partial charge in [0, 0.05) is 22.2 Å². The lowest BCUT2D eigenvalue weighted by Gasteiger charge is -2.30. The highest BCUT2D eigenvalue weighted by Gasteiger charge is 2.39. The average molecular weight is 575 g/mol. The van der Waals surface area contributed by atoms with Gasteiger partial charge in [-0.3, -0.25) is 9.59 Å². The fraction of sp³-hybridized carbons (Fsp3) is 0.200. The summed E-state index contributed by atoms with van der Waals surface area (Å²) in [5.74, 6) is -1.11. The number of rotatable bonds is 8. The van der Waals surface area contributed by atoms with Gasteiger partial charge in [-0.1, -0.05) is 65.8 Å². The molecule has 204 valence electrons. The van der Waals surface area contributed by atoms with Crippen LogP contribution in [0.2, 0.25) is 5.02 Å². The monoisotopic (exact) mass is 574 g/mol. The lowest BCUT2D eigenvalue weighted by molar-refractivity contribution is -0.114. The van der Waals surface area contributed by atoms with Crippen LogP contribution in [0.4, 0.5) is 11.4 Å². The molecule has 0 aliphatic carbocycles. The normalized spacial score (nSPS) is 16.4. The van der Waals surface area contributed by atoms with Crippen molar-refractivity contribution in [2.24, 2.45) is 10.9 Å². The second-order valence-electron chi connectivity index (χ2n) is 8.78. The molecule has 8 nitrogen and oxygen atoms in total. The number of amides is 2. The predicted molar refractivity (Wildman–Crippen MR) is 159 cm³/mol. The van der Waals surface area contributed by atoms with Gasteiger partial charge in [-0.25, -0.2) is 4.99 Å². The summed E-state index contributed by atoms with van der Waals surface area (Å²) in [5, 5.41) is 16.9. The van der Waals surface area contributed by atoms with Crippen molar-refractivity contribution in [3.05, 3.63) is 94.7 Å². The zero-order valence-corrected chi connectivity index (χ0v) is 23.7. The van der Waals surface area contributed by atoms with Crippen LogP contribution in [0.1, 0.15) is 18.4 Å². The molecule has 2 atom stereocenters. The van der Waals surface area contributed by atoms with Crippen molar-refractivity contribution in [2.75, 3.05) is 30.6 Å². The Kier molecular flexibility index (Phi) is 9.48. The number of hydrogen-bond acceptors (Lipinski definition) is 7. The average Bonchev–Trinajstić information content (AvgIpc) is 2.96. The third-order valence-corrected chi connectivity index (χ3v) is 7.55. The number of allylic oxidation sites excluding steroid dienone is 1. The fourth-order valence-corrected chi connectivity index (χ4v) is 5.54. The number of nitriles is 1. The maximum Gasteiger partial charge on any atom is 0.254 e. The van der Waals surface area contributed by atoms with Gasteiger partial charge in [-0.2, -0.15) is 5.26 Å². The van der Waals surface area contributed by atoms with E-state index in [0.29, 0.717) is 44.2 Å². The Balaban J connectivity index is 1.63. The minimum Gasteiger partial charge on any atom is -0.495 e. The molecule has 4 rings (SSSR count). The molecule has 0 radical (unpaired) electrons. The number of nitrogens with one attached hydrogen (secondary N) is 2. The summed E-state index contributed by atoms with van der Waals surface area (Å²) in [6.07, 6.45) is 0. The number of ether oxygens (including phenoxy) is 2. The zero-order valence-electron chi connectivity index (χ0n) is 22.1. The van der Waals surface area contributed by atoms with Crippen molar-refractivity contribution in [1.29, 1.82) is 5.26 Å². The number of anilines is 2. The summed E-state index contributed by atoms with van der Waals surface area (Å²) in [6, 6.07) is 23.7. The number of carbonyl (C=O) groups is 2. The van der Waals surface area contributed by atoms with Crippen LogP contribution < -0.4 is 20.1 Å². The minimum absolute atomic E-state index is 0.00971. The molecule has 0 saturated heterocycles. The van der Waals surface area contributed by atoms with Crippen LogP contribution in [0.25, 0.3) is 0 Å². The van der Waals surface area contributed by atoms with Crippen LogP contribution in [0, 0.1) is 17.2 Å². The summed E-state index contributed by atoms with van der Waals surface area (Å²) in [5.41, 5.74) is 2.58. The van der Waals surface area contributed by atoms with E-state index in [9.17, 15) is 14.9 Å². The van der Waals surface area contributed by atoms with Crippen LogP contribution in [0.15, 0.2) is 89.1 Å². The standard InChI is InChI=1S/C30H27ClN4O4S/c1-18-27(29(37)35-22-11-7-8-12-24(22)38-2)28(19-9-5-4-6-10-19)21(16-32)30(33-18)40-17-26(36)34-23-15-20(31)13-14-25(23)39-3/h4-15,21,28H,17H2,1-3H3,(H,34,36)(H,35,37). The molecule has 0 aromatic heterocycles. The topological polar surface area (TPSA) is 113 Å². The maximum absolute atomic E-state index is 13.7. The molecule has 2 N–H and O–H groups in total. The molecule has 0 fully saturated rings. The van der Waals surface area contributed by atoms with Crippen molar-refractivity contribution in [3.8, 4) is 17.6 Å². The second-order valence-corrected chi connectivity index (χ2v) is 10.2. The highest BCUT2D eigenvalue weighted by molar-refractivity contribution is 8.14. The SMILES string of the molecule is COc1ccc(Cl)cc1NC(=O)CSC1=NC(C)=C(C(=O)Nc2ccccc2OC)C(c2ccccc2)C1C#N. The lowest BCUT2D eigenvalue weighted by atomic mass is 9.78. The van der Waals surface area contributed by atoms with E-state index in [1.54, 1.807) is 43.3 Å². The molecule has 0 spiro atoms. The summed E-state index contributed by atoms with van der Waals surface area (Å²) < 4.78 is 10.7. The highest BCUT2D eigenvalue weighted by Crippen LogP contribution is 2.42. The quantitative estimate of drug-likeness (QED) is 0.327. The van der Waals surface area contributed by atoms with Gasteiger partial charge in [-0.05, 0) is 42.8 Å². The number of aliphatic imine (C=N–C) groups is 1. The number of halogens is 1. The maximum atomic E-state index is 13.7. The Morgan fingerprint density at radius 3 is 2.35 bits per heavy atom. The first-order valence-electron chi connectivity index (χ1n) is 12.3. The number of carbonyl (C=O) groups excluding carboxylic acids is 2. The van der Waals surface area contributed by atoms with E-state index in [1.807, 2.05) is 36.4 Å². The van der Waals surface area contributed by atoms with Crippen LogP contribution in [0.3, 0.4) is 0 Å². The molecule has 1 aliphatic rings. The molecule has 3 aromatic carbocycles. The molecule has 2 unspecified atom stereocenters. The molecule has 2 amide bonds. The fourth-order valence-electron chi connectivity index (χ4n) is 4.45. The van der Waals surface area contributed by atoms with Crippen LogP contribution >= 0.6 is 23.4 Å². The van der Waals surface area contributed by atoms with E-state index in [2.05, 4.69) is 21.7 Å². The minimum atomic E-state index is -0.789. The van der Waals surface area contributed by atoms with Gasteiger partial charge in [0.25, 0.3) is 5.91 Å². The van der Waals surface area contributed by atoms with E-state index in [1.165, 1.54) is 14.2 Å². The molecule has 3 aromatic rings. The van der Waals surface area contributed by atoms with Crippen LogP contribution in [-0.4, -0.2) is 36.8 Å². The van der Waals surface area contributed by atoms with Crippen molar-refractivity contribution >= 4 is 51.6 Å². The molecule has 0 bridgehead atoms. The third kappa shape index (κ3) is 6.47. The molecule has 1 heterocycles. The predicted octanol–water partition coefficient (Wildman–Crippen LogP) is 6.28. The second kappa shape index (κ2) is 13.2. The molecule has 40 heavy (non-hydrogen) atoms. The number of thioether (sulfide) groups is 1. The van der Waals surface area contributed by atoms with Gasteiger partial charge in [0.2, 0.25) is 5.91 Å². The van der Waals surface area contributed by atoms with Gasteiger partial charge in [0.05, 0.1) is 42.5 Å². The lowest BCUT2D eigenvalue weighted by Crippen LogP contribution is -2.32. The Morgan fingerprint density at radius 1 is 0.975 bits per heavy atom.